The van der Waals surface area contributed by atoms with Crippen LogP contribution in [0.5, 0.6) is 0 Å². The Bertz CT molecular complexity index is 562. The SMILES string of the molecule is OC1(c2ccccc2)C=CNc2ccccc21. The smallest absolute Gasteiger partial charge is 0.137 e. The van der Waals surface area contributed by atoms with E-state index in [4.69, 9.17) is 0 Å². The molecule has 1 atom stereocenters. The Balaban J connectivity index is 2.20. The molecule has 2 aromatic carbocycles. The maximum atomic E-state index is 10.9. The van der Waals surface area contributed by atoms with Crippen LogP contribution in [0.15, 0.2) is 66.9 Å². The minimum Gasteiger partial charge on any atom is -0.377 e. The van der Waals surface area contributed by atoms with Crippen molar-refractivity contribution in [1.29, 1.82) is 0 Å². The molecule has 0 radical (unpaired) electrons. The molecule has 2 aromatic rings. The first-order valence-corrected chi connectivity index (χ1v) is 5.62. The molecule has 1 aliphatic rings. The van der Waals surface area contributed by atoms with Gasteiger partial charge in [0.25, 0.3) is 0 Å². The van der Waals surface area contributed by atoms with Crippen molar-refractivity contribution in [1.82, 2.24) is 0 Å². The van der Waals surface area contributed by atoms with Crippen LogP contribution in [0.1, 0.15) is 11.1 Å². The van der Waals surface area contributed by atoms with Crippen LogP contribution in [0.2, 0.25) is 0 Å². The molecule has 0 saturated carbocycles. The number of hydrogen-bond donors (Lipinski definition) is 2. The van der Waals surface area contributed by atoms with E-state index in [2.05, 4.69) is 5.32 Å². The van der Waals surface area contributed by atoms with E-state index in [0.717, 1.165) is 16.8 Å². The number of benzene rings is 2. The lowest BCUT2D eigenvalue weighted by Gasteiger charge is -2.31. The van der Waals surface area contributed by atoms with Gasteiger partial charge in [0, 0.05) is 17.5 Å². The van der Waals surface area contributed by atoms with Crippen LogP contribution < -0.4 is 5.32 Å². The number of hydrogen-bond acceptors (Lipinski definition) is 2. The summed E-state index contributed by atoms with van der Waals surface area (Å²) in [5, 5.41) is 14.0. The molecule has 0 amide bonds. The Morgan fingerprint density at radius 2 is 1.59 bits per heavy atom. The van der Waals surface area contributed by atoms with Crippen LogP contribution in [-0.4, -0.2) is 5.11 Å². The fraction of sp³-hybridized carbons (Fsp3) is 0.0667. The van der Waals surface area contributed by atoms with E-state index in [9.17, 15) is 5.11 Å². The number of anilines is 1. The average Bonchev–Trinajstić information content (AvgIpc) is 2.40. The Kier molecular flexibility index (Phi) is 2.23. The van der Waals surface area contributed by atoms with Crippen molar-refractivity contribution in [2.45, 2.75) is 5.60 Å². The van der Waals surface area contributed by atoms with Crippen molar-refractivity contribution in [3.8, 4) is 0 Å². The maximum absolute atomic E-state index is 10.9. The minimum absolute atomic E-state index is 0.880. The molecule has 17 heavy (non-hydrogen) atoms. The van der Waals surface area contributed by atoms with Gasteiger partial charge in [0.15, 0.2) is 0 Å². The second kappa shape index (κ2) is 3.75. The Morgan fingerprint density at radius 3 is 2.41 bits per heavy atom. The van der Waals surface area contributed by atoms with Gasteiger partial charge in [0.05, 0.1) is 0 Å². The standard InChI is InChI=1S/C15H13NO/c17-15(12-6-2-1-3-7-12)10-11-16-14-9-5-4-8-13(14)15/h1-11,16-17H. The molecule has 0 spiro atoms. The highest BCUT2D eigenvalue weighted by Crippen LogP contribution is 2.37. The predicted molar refractivity (Wildman–Crippen MR) is 68.6 cm³/mol. The molecule has 1 unspecified atom stereocenters. The van der Waals surface area contributed by atoms with Crippen molar-refractivity contribution in [2.24, 2.45) is 0 Å². The quantitative estimate of drug-likeness (QED) is 0.779. The van der Waals surface area contributed by atoms with Gasteiger partial charge in [-0.15, -0.1) is 0 Å². The van der Waals surface area contributed by atoms with Crippen molar-refractivity contribution >= 4 is 5.69 Å². The molecule has 84 valence electrons. The highest BCUT2D eigenvalue weighted by atomic mass is 16.3. The van der Waals surface area contributed by atoms with Gasteiger partial charge in [-0.25, -0.2) is 0 Å². The van der Waals surface area contributed by atoms with Crippen LogP contribution >= 0.6 is 0 Å². The maximum Gasteiger partial charge on any atom is 0.137 e. The van der Waals surface area contributed by atoms with Gasteiger partial charge in [0.1, 0.15) is 5.60 Å². The van der Waals surface area contributed by atoms with Gasteiger partial charge < -0.3 is 10.4 Å². The normalized spacial score (nSPS) is 21.7. The summed E-state index contributed by atoms with van der Waals surface area (Å²) in [6.45, 7) is 0. The van der Waals surface area contributed by atoms with E-state index in [1.54, 1.807) is 12.3 Å². The monoisotopic (exact) mass is 223 g/mol. The van der Waals surface area contributed by atoms with Crippen LogP contribution in [0.4, 0.5) is 5.69 Å². The lowest BCUT2D eigenvalue weighted by molar-refractivity contribution is 0.134. The van der Waals surface area contributed by atoms with E-state index < -0.39 is 5.60 Å². The Hall–Kier alpha value is -2.06. The topological polar surface area (TPSA) is 32.3 Å². The molecule has 1 heterocycles. The van der Waals surface area contributed by atoms with Gasteiger partial charge in [0.2, 0.25) is 0 Å². The second-order valence-electron chi connectivity index (χ2n) is 4.16. The van der Waals surface area contributed by atoms with Crippen molar-refractivity contribution < 1.29 is 5.11 Å². The van der Waals surface area contributed by atoms with Gasteiger partial charge in [-0.3, -0.25) is 0 Å². The predicted octanol–water partition coefficient (Wildman–Crippen LogP) is 2.86. The summed E-state index contributed by atoms with van der Waals surface area (Å²) in [7, 11) is 0. The molecule has 2 heteroatoms. The van der Waals surface area contributed by atoms with E-state index >= 15 is 0 Å². The number of rotatable bonds is 1. The molecular weight excluding hydrogens is 210 g/mol. The first-order valence-electron chi connectivity index (χ1n) is 5.62. The summed E-state index contributed by atoms with van der Waals surface area (Å²) >= 11 is 0. The zero-order valence-electron chi connectivity index (χ0n) is 9.30. The molecule has 2 N–H and O–H groups in total. The van der Waals surface area contributed by atoms with E-state index in [0.29, 0.717) is 0 Å². The molecule has 1 aliphatic heterocycles. The van der Waals surface area contributed by atoms with Gasteiger partial charge in [-0.05, 0) is 17.7 Å². The van der Waals surface area contributed by atoms with Crippen LogP contribution in [-0.2, 0) is 5.60 Å². The third kappa shape index (κ3) is 1.54. The van der Waals surface area contributed by atoms with Crippen LogP contribution in [0.3, 0.4) is 0 Å². The fourth-order valence-electron chi connectivity index (χ4n) is 2.23. The number of nitrogens with one attached hydrogen (secondary N) is 1. The highest BCUT2D eigenvalue weighted by Gasteiger charge is 2.32. The number of para-hydroxylation sites is 1. The Morgan fingerprint density at radius 1 is 0.882 bits per heavy atom. The first kappa shape index (κ1) is 10.1. The molecule has 0 fully saturated rings. The Labute approximate surface area is 100 Å². The fourth-order valence-corrected chi connectivity index (χ4v) is 2.23. The number of fused-ring (bicyclic) bond motifs is 1. The molecule has 2 nitrogen and oxygen atoms in total. The third-order valence-electron chi connectivity index (χ3n) is 3.11. The summed E-state index contributed by atoms with van der Waals surface area (Å²) < 4.78 is 0. The number of aliphatic hydroxyl groups is 1. The van der Waals surface area contributed by atoms with E-state index in [1.807, 2.05) is 54.6 Å². The molecule has 0 saturated heterocycles. The second-order valence-corrected chi connectivity index (χ2v) is 4.16. The molecule has 0 aromatic heterocycles. The van der Waals surface area contributed by atoms with Crippen molar-refractivity contribution in [2.75, 3.05) is 5.32 Å². The summed E-state index contributed by atoms with van der Waals surface area (Å²) in [5.41, 5.74) is 1.67. The third-order valence-corrected chi connectivity index (χ3v) is 3.11. The van der Waals surface area contributed by atoms with E-state index in [1.165, 1.54) is 0 Å². The average molecular weight is 223 g/mol. The minimum atomic E-state index is -1.04. The zero-order chi connectivity index (χ0) is 11.7. The van der Waals surface area contributed by atoms with Crippen LogP contribution in [0.25, 0.3) is 0 Å². The summed E-state index contributed by atoms with van der Waals surface area (Å²) in [5.74, 6) is 0. The largest absolute Gasteiger partial charge is 0.377 e. The van der Waals surface area contributed by atoms with Crippen LogP contribution in [0, 0.1) is 0 Å². The van der Waals surface area contributed by atoms with Gasteiger partial charge in [-0.1, -0.05) is 48.5 Å². The first-order chi connectivity index (χ1) is 8.31. The molecule has 0 bridgehead atoms. The summed E-state index contributed by atoms with van der Waals surface area (Å²) in [6.07, 6.45) is 3.57. The lowest BCUT2D eigenvalue weighted by Crippen LogP contribution is -2.28. The molecule has 0 aliphatic carbocycles. The van der Waals surface area contributed by atoms with Gasteiger partial charge in [-0.2, -0.15) is 0 Å². The molecular formula is C15H13NO. The lowest BCUT2D eigenvalue weighted by atomic mass is 9.84. The van der Waals surface area contributed by atoms with E-state index in [-0.39, 0.29) is 0 Å². The highest BCUT2D eigenvalue weighted by molar-refractivity contribution is 5.62. The zero-order valence-corrected chi connectivity index (χ0v) is 9.30. The van der Waals surface area contributed by atoms with Crippen molar-refractivity contribution in [3.05, 3.63) is 78.0 Å². The van der Waals surface area contributed by atoms with Gasteiger partial charge >= 0.3 is 0 Å². The summed E-state index contributed by atoms with van der Waals surface area (Å²) in [4.78, 5) is 0. The molecule has 3 rings (SSSR count). The van der Waals surface area contributed by atoms with Crippen molar-refractivity contribution in [3.63, 3.8) is 0 Å². The summed E-state index contributed by atoms with van der Waals surface area (Å²) in [6, 6.07) is 17.5.